The second kappa shape index (κ2) is 5.74. The minimum absolute atomic E-state index is 0.328. The Balaban J connectivity index is 2.26. The first-order chi connectivity index (χ1) is 9.51. The Bertz CT molecular complexity index is 581. The van der Waals surface area contributed by atoms with Gasteiger partial charge in [-0.1, -0.05) is 0 Å². The predicted molar refractivity (Wildman–Crippen MR) is 77.5 cm³/mol. The van der Waals surface area contributed by atoms with Crippen LogP contribution in [0.15, 0.2) is 16.7 Å². The van der Waals surface area contributed by atoms with Crippen molar-refractivity contribution in [2.75, 3.05) is 36.4 Å². The molecule has 2 heterocycles. The predicted octanol–water partition coefficient (Wildman–Crippen LogP) is 0.761. The van der Waals surface area contributed by atoms with Gasteiger partial charge in [0, 0.05) is 33.3 Å². The van der Waals surface area contributed by atoms with E-state index in [4.69, 9.17) is 10.3 Å². The largest absolute Gasteiger partial charge is 0.469 e. The second-order valence-corrected chi connectivity index (χ2v) is 4.66. The van der Waals surface area contributed by atoms with Crippen molar-refractivity contribution >= 4 is 17.8 Å². The molecule has 0 aliphatic carbocycles. The summed E-state index contributed by atoms with van der Waals surface area (Å²) in [7, 11) is 5.63. The van der Waals surface area contributed by atoms with Gasteiger partial charge in [0.2, 0.25) is 17.8 Å². The molecule has 108 valence electrons. The first-order valence-corrected chi connectivity index (χ1v) is 6.15. The number of aryl methyl sites for hydroxylation is 1. The van der Waals surface area contributed by atoms with E-state index < -0.39 is 0 Å². The van der Waals surface area contributed by atoms with E-state index in [2.05, 4.69) is 20.4 Å². The van der Waals surface area contributed by atoms with Crippen LogP contribution in [0.1, 0.15) is 11.3 Å². The summed E-state index contributed by atoms with van der Waals surface area (Å²) in [5, 5.41) is 0. The molecule has 3 N–H and O–H groups in total. The molecule has 8 heteroatoms. The smallest absolute Gasteiger partial charge is 0.243 e. The van der Waals surface area contributed by atoms with Crippen molar-refractivity contribution in [2.24, 2.45) is 5.84 Å². The molecule has 0 atom stereocenters. The molecule has 2 aromatic heterocycles. The Hall–Kier alpha value is -2.35. The number of nitrogens with zero attached hydrogens (tertiary/aromatic N) is 5. The molecule has 0 bridgehead atoms. The number of hydrogen-bond acceptors (Lipinski definition) is 8. The summed E-state index contributed by atoms with van der Waals surface area (Å²) in [5.74, 6) is 7.69. The average Bonchev–Trinajstić information content (AvgIpc) is 2.83. The molecule has 0 aliphatic heterocycles. The maximum absolute atomic E-state index is 5.39. The Morgan fingerprint density at radius 3 is 2.45 bits per heavy atom. The number of nitrogens with two attached hydrogens (primary N) is 1. The number of nitrogen functional groups attached to an aromatic ring is 1. The van der Waals surface area contributed by atoms with Crippen LogP contribution >= 0.6 is 0 Å². The minimum Gasteiger partial charge on any atom is -0.469 e. The Kier molecular flexibility index (Phi) is 4.04. The minimum atomic E-state index is 0.328. The van der Waals surface area contributed by atoms with Crippen molar-refractivity contribution < 1.29 is 4.42 Å². The molecular formula is C12H19N7O. The summed E-state index contributed by atoms with van der Waals surface area (Å²) in [4.78, 5) is 16.5. The lowest BCUT2D eigenvalue weighted by atomic mass is 10.2. The first kappa shape index (κ1) is 14.1. The highest BCUT2D eigenvalue weighted by molar-refractivity contribution is 5.44. The normalized spacial score (nSPS) is 10.4. The molecule has 0 amide bonds. The number of hydrogen-bond donors (Lipinski definition) is 2. The zero-order valence-electron chi connectivity index (χ0n) is 12.1. The molecule has 20 heavy (non-hydrogen) atoms. The van der Waals surface area contributed by atoms with Crippen LogP contribution in [0.5, 0.6) is 0 Å². The third-order valence-corrected chi connectivity index (χ3v) is 2.86. The van der Waals surface area contributed by atoms with Gasteiger partial charge in [0.15, 0.2) is 0 Å². The molecule has 0 radical (unpaired) electrons. The van der Waals surface area contributed by atoms with E-state index in [1.165, 1.54) is 0 Å². The summed E-state index contributed by atoms with van der Waals surface area (Å²) < 4.78 is 5.29. The van der Waals surface area contributed by atoms with Crippen molar-refractivity contribution in [1.29, 1.82) is 0 Å². The van der Waals surface area contributed by atoms with Crippen LogP contribution in [-0.4, -0.2) is 36.1 Å². The number of rotatable bonds is 5. The van der Waals surface area contributed by atoms with Crippen LogP contribution in [0.3, 0.4) is 0 Å². The van der Waals surface area contributed by atoms with Gasteiger partial charge >= 0.3 is 0 Å². The number of nitrogens with one attached hydrogen (secondary N) is 1. The fourth-order valence-electron chi connectivity index (χ4n) is 1.69. The topological polar surface area (TPSA) is 96.3 Å². The Morgan fingerprint density at radius 2 is 1.90 bits per heavy atom. The molecule has 0 aliphatic rings. The standard InChI is InChI=1S/C12H19N7O/c1-8-9(5-6-20-8)7-19(4)12-15-10(17-13)14-11(16-12)18(2)3/h5-6H,7,13H2,1-4H3,(H,14,15,16,17). The van der Waals surface area contributed by atoms with Gasteiger partial charge in [-0.05, 0) is 13.0 Å². The van der Waals surface area contributed by atoms with Crippen molar-refractivity contribution in [1.82, 2.24) is 15.0 Å². The van der Waals surface area contributed by atoms with Gasteiger partial charge < -0.3 is 14.2 Å². The van der Waals surface area contributed by atoms with Gasteiger partial charge in [0.1, 0.15) is 5.76 Å². The molecule has 0 unspecified atom stereocenters. The van der Waals surface area contributed by atoms with Crippen molar-refractivity contribution in [2.45, 2.75) is 13.5 Å². The van der Waals surface area contributed by atoms with E-state index in [1.54, 1.807) is 11.2 Å². The van der Waals surface area contributed by atoms with Gasteiger partial charge in [-0.2, -0.15) is 15.0 Å². The Morgan fingerprint density at radius 1 is 1.20 bits per heavy atom. The number of furan rings is 1. The molecule has 0 spiro atoms. The molecule has 0 saturated heterocycles. The summed E-state index contributed by atoms with van der Waals surface area (Å²) >= 11 is 0. The van der Waals surface area contributed by atoms with Crippen molar-refractivity contribution in [3.8, 4) is 0 Å². The average molecular weight is 277 g/mol. The number of anilines is 3. The number of aromatic nitrogens is 3. The third-order valence-electron chi connectivity index (χ3n) is 2.86. The highest BCUT2D eigenvalue weighted by Gasteiger charge is 2.13. The van der Waals surface area contributed by atoms with E-state index in [9.17, 15) is 0 Å². The van der Waals surface area contributed by atoms with Gasteiger partial charge in [-0.15, -0.1) is 0 Å². The maximum Gasteiger partial charge on any atom is 0.243 e. The molecule has 0 aromatic carbocycles. The summed E-state index contributed by atoms with van der Waals surface area (Å²) in [6.45, 7) is 2.57. The lowest BCUT2D eigenvalue weighted by molar-refractivity contribution is 0.529. The lowest BCUT2D eigenvalue weighted by Gasteiger charge is -2.19. The highest BCUT2D eigenvalue weighted by Crippen LogP contribution is 2.17. The highest BCUT2D eigenvalue weighted by atomic mass is 16.3. The van der Waals surface area contributed by atoms with Gasteiger partial charge in [-0.25, -0.2) is 5.84 Å². The van der Waals surface area contributed by atoms with E-state index in [0.717, 1.165) is 11.3 Å². The van der Waals surface area contributed by atoms with Crippen molar-refractivity contribution in [3.05, 3.63) is 23.7 Å². The van der Waals surface area contributed by atoms with Crippen LogP contribution in [0.4, 0.5) is 17.8 Å². The zero-order valence-corrected chi connectivity index (χ0v) is 12.1. The summed E-state index contributed by atoms with van der Waals surface area (Å²) in [6.07, 6.45) is 1.67. The fraction of sp³-hybridized carbons (Fsp3) is 0.417. The monoisotopic (exact) mass is 277 g/mol. The zero-order chi connectivity index (χ0) is 14.7. The molecule has 2 rings (SSSR count). The van der Waals surface area contributed by atoms with Crippen LogP contribution in [0.2, 0.25) is 0 Å². The molecule has 0 fully saturated rings. The summed E-state index contributed by atoms with van der Waals surface area (Å²) in [5.41, 5.74) is 3.54. The van der Waals surface area contributed by atoms with Gasteiger partial charge in [0.25, 0.3) is 0 Å². The SMILES string of the molecule is Cc1occc1CN(C)c1nc(NN)nc(N(C)C)n1. The van der Waals surface area contributed by atoms with Gasteiger partial charge in [-0.3, -0.25) is 5.43 Å². The Labute approximate surface area is 117 Å². The maximum atomic E-state index is 5.39. The summed E-state index contributed by atoms with van der Waals surface area (Å²) in [6, 6.07) is 1.93. The van der Waals surface area contributed by atoms with Crippen molar-refractivity contribution in [3.63, 3.8) is 0 Å². The van der Waals surface area contributed by atoms with Crippen LogP contribution < -0.4 is 21.1 Å². The van der Waals surface area contributed by atoms with E-state index >= 15 is 0 Å². The second-order valence-electron chi connectivity index (χ2n) is 4.66. The van der Waals surface area contributed by atoms with E-state index in [-0.39, 0.29) is 0 Å². The molecule has 8 nitrogen and oxygen atoms in total. The quantitative estimate of drug-likeness (QED) is 0.611. The number of hydrazine groups is 1. The molecule has 2 aromatic rings. The third kappa shape index (κ3) is 2.97. The molecule has 0 saturated carbocycles. The van der Waals surface area contributed by atoms with Gasteiger partial charge in [0.05, 0.1) is 6.26 Å². The fourth-order valence-corrected chi connectivity index (χ4v) is 1.69. The molecular weight excluding hydrogens is 258 g/mol. The van der Waals surface area contributed by atoms with Crippen LogP contribution in [-0.2, 0) is 6.54 Å². The van der Waals surface area contributed by atoms with E-state index in [0.29, 0.717) is 24.4 Å². The first-order valence-electron chi connectivity index (χ1n) is 6.15. The van der Waals surface area contributed by atoms with Crippen LogP contribution in [0, 0.1) is 6.92 Å². The van der Waals surface area contributed by atoms with Crippen LogP contribution in [0.25, 0.3) is 0 Å². The van der Waals surface area contributed by atoms with E-state index in [1.807, 2.05) is 39.0 Å². The lowest BCUT2D eigenvalue weighted by Crippen LogP contribution is -2.24.